The first-order valence-electron chi connectivity index (χ1n) is 5.52. The Morgan fingerprint density at radius 3 is 2.47 bits per heavy atom. The Labute approximate surface area is 105 Å². The largest absolute Gasteiger partial charge is 0.317 e. The molecule has 0 spiro atoms. The first kappa shape index (κ1) is 11.0. The number of para-hydroxylation sites is 1. The van der Waals surface area contributed by atoms with Crippen molar-refractivity contribution in [1.82, 2.24) is 4.57 Å². The van der Waals surface area contributed by atoms with E-state index in [9.17, 15) is 0 Å². The van der Waals surface area contributed by atoms with E-state index < -0.39 is 0 Å². The molecule has 0 aliphatic heterocycles. The Bertz CT molecular complexity index is 644. The van der Waals surface area contributed by atoms with Crippen LogP contribution in [0.25, 0.3) is 16.6 Å². The molecule has 1 aromatic heterocycles. The zero-order valence-corrected chi connectivity index (χ0v) is 11.5. The van der Waals surface area contributed by atoms with Gasteiger partial charge < -0.3 is 4.57 Å². The average Bonchev–Trinajstić information content (AvgIpc) is 2.83. The van der Waals surface area contributed by atoms with E-state index in [-0.39, 0.29) is 0 Å². The number of nitrogens with zero attached hydrogens (tertiary/aromatic N) is 1. The van der Waals surface area contributed by atoms with Gasteiger partial charge >= 0.3 is 0 Å². The summed E-state index contributed by atoms with van der Waals surface area (Å²) in [4.78, 5) is 0. The summed E-state index contributed by atoms with van der Waals surface area (Å²) in [6.45, 7) is 0. The molecule has 3 heteroatoms. The lowest BCUT2D eigenvalue weighted by molar-refractivity contribution is 1.13. The fraction of sp³-hybridized carbons (Fsp3) is 0. The summed E-state index contributed by atoms with van der Waals surface area (Å²) in [6.07, 6.45) is 2.15. The number of hydrogen-bond acceptors (Lipinski definition) is 0. The van der Waals surface area contributed by atoms with E-state index in [1.54, 1.807) is 0 Å². The summed E-state index contributed by atoms with van der Waals surface area (Å²) in [6, 6.07) is 19.2. The molecule has 2 atom stereocenters. The molecule has 1 nitrogen and oxygen atoms in total. The van der Waals surface area contributed by atoms with Crippen LogP contribution in [0.3, 0.4) is 0 Å². The quantitative estimate of drug-likeness (QED) is 0.616. The monoisotopic (exact) mass is 257 g/mol. The molecule has 17 heavy (non-hydrogen) atoms. The van der Waals surface area contributed by atoms with Gasteiger partial charge in [0, 0.05) is 17.3 Å². The van der Waals surface area contributed by atoms with Gasteiger partial charge in [-0.25, -0.2) is 0 Å². The van der Waals surface area contributed by atoms with Crippen molar-refractivity contribution in [3.8, 4) is 5.69 Å². The molecule has 0 fully saturated rings. The number of fused-ring (bicyclic) bond motifs is 1. The van der Waals surface area contributed by atoms with E-state index in [0.29, 0.717) is 0 Å². The van der Waals surface area contributed by atoms with Crippen LogP contribution in [0.1, 0.15) is 0 Å². The molecule has 0 aliphatic rings. The van der Waals surface area contributed by atoms with E-state index in [1.807, 2.05) is 6.07 Å². The zero-order chi connectivity index (χ0) is 11.7. The maximum Gasteiger partial charge on any atom is 0.0534 e. The fourth-order valence-corrected chi connectivity index (χ4v) is 3.42. The minimum Gasteiger partial charge on any atom is -0.317 e. The van der Waals surface area contributed by atoms with Crippen molar-refractivity contribution in [2.45, 2.75) is 0 Å². The topological polar surface area (TPSA) is 4.93 Å². The van der Waals surface area contributed by atoms with Gasteiger partial charge in [-0.15, -0.1) is 8.93 Å². The van der Waals surface area contributed by atoms with Gasteiger partial charge in [-0.2, -0.15) is 0 Å². The second-order valence-electron chi connectivity index (χ2n) is 3.90. The van der Waals surface area contributed by atoms with Crippen LogP contribution in [0, 0.1) is 0 Å². The van der Waals surface area contributed by atoms with Gasteiger partial charge in [0.05, 0.1) is 5.52 Å². The summed E-state index contributed by atoms with van der Waals surface area (Å²) < 4.78 is 2.24. The predicted molar refractivity (Wildman–Crippen MR) is 80.9 cm³/mol. The normalized spacial score (nSPS) is 11.6. The molecular weight excluding hydrogens is 244 g/mol. The number of hydrogen-bond donors (Lipinski definition) is 0. The van der Waals surface area contributed by atoms with E-state index in [0.717, 1.165) is 8.27 Å². The number of aromatic nitrogens is 1. The van der Waals surface area contributed by atoms with Crippen LogP contribution in [-0.4, -0.2) is 4.57 Å². The summed E-state index contributed by atoms with van der Waals surface area (Å²) in [5.74, 6) is 0. The summed E-state index contributed by atoms with van der Waals surface area (Å²) in [7, 11) is 3.58. The van der Waals surface area contributed by atoms with Crippen molar-refractivity contribution >= 4 is 33.4 Å². The highest BCUT2D eigenvalue weighted by molar-refractivity contribution is 8.07. The van der Waals surface area contributed by atoms with E-state index >= 15 is 0 Å². The van der Waals surface area contributed by atoms with Crippen LogP contribution in [-0.2, 0) is 0 Å². The van der Waals surface area contributed by atoms with Gasteiger partial charge in [0.1, 0.15) is 0 Å². The third-order valence-corrected chi connectivity index (χ3v) is 4.60. The Morgan fingerprint density at radius 1 is 0.882 bits per heavy atom. The molecule has 3 rings (SSSR count). The predicted octanol–water partition coefficient (Wildman–Crippen LogP) is 3.72. The zero-order valence-electron chi connectivity index (χ0n) is 9.30. The number of rotatable bonds is 2. The highest BCUT2D eigenvalue weighted by atomic mass is 32.0. The highest BCUT2D eigenvalue weighted by Gasteiger charge is 2.05. The van der Waals surface area contributed by atoms with E-state index in [2.05, 4.69) is 68.2 Å². The van der Waals surface area contributed by atoms with Crippen molar-refractivity contribution in [2.75, 3.05) is 0 Å². The molecule has 0 bridgehead atoms. The summed E-state index contributed by atoms with van der Waals surface area (Å²) in [5, 5.41) is 2.76. The van der Waals surface area contributed by atoms with Crippen LogP contribution < -0.4 is 5.30 Å². The lowest BCUT2D eigenvalue weighted by atomic mass is 10.2. The Hall–Kier alpha value is -1.16. The first-order valence-corrected chi connectivity index (χ1v) is 8.33. The van der Waals surface area contributed by atoms with E-state index in [4.69, 9.17) is 0 Å². The molecule has 3 aromatic rings. The minimum absolute atomic E-state index is 0.758. The Morgan fingerprint density at radius 2 is 1.71 bits per heavy atom. The lowest BCUT2D eigenvalue weighted by Crippen LogP contribution is -1.95. The first-order chi connectivity index (χ1) is 8.40. The van der Waals surface area contributed by atoms with Gasteiger partial charge in [0.25, 0.3) is 0 Å². The third-order valence-electron chi connectivity index (χ3n) is 2.92. The standard InChI is InChI=1S/C14H13NP2/c16-17-14-8-4-7-13-12(14)9-10-15(13)11-5-2-1-3-6-11/h1-10,17H,16H2. The molecule has 1 heterocycles. The van der Waals surface area contributed by atoms with Gasteiger partial charge in [-0.1, -0.05) is 38.6 Å². The Balaban J connectivity index is 2.26. The highest BCUT2D eigenvalue weighted by Crippen LogP contribution is 2.27. The van der Waals surface area contributed by atoms with Crippen LogP contribution in [0.15, 0.2) is 60.8 Å². The second-order valence-corrected chi connectivity index (χ2v) is 5.60. The molecule has 0 radical (unpaired) electrons. The van der Waals surface area contributed by atoms with Crippen LogP contribution >= 0.6 is 17.2 Å². The molecular formula is C14H13NP2. The molecule has 0 amide bonds. The van der Waals surface area contributed by atoms with Crippen molar-refractivity contribution in [2.24, 2.45) is 0 Å². The summed E-state index contributed by atoms with van der Waals surface area (Å²) >= 11 is 0. The summed E-state index contributed by atoms with van der Waals surface area (Å²) in [5.41, 5.74) is 2.50. The van der Waals surface area contributed by atoms with Gasteiger partial charge in [-0.3, -0.25) is 0 Å². The maximum absolute atomic E-state index is 2.82. The van der Waals surface area contributed by atoms with Crippen molar-refractivity contribution < 1.29 is 0 Å². The van der Waals surface area contributed by atoms with Gasteiger partial charge in [0.15, 0.2) is 0 Å². The Kier molecular flexibility index (Phi) is 2.97. The average molecular weight is 257 g/mol. The molecule has 2 aromatic carbocycles. The van der Waals surface area contributed by atoms with Crippen molar-refractivity contribution in [1.29, 1.82) is 0 Å². The van der Waals surface area contributed by atoms with Gasteiger partial charge in [0.2, 0.25) is 0 Å². The van der Waals surface area contributed by atoms with Crippen LogP contribution in [0.4, 0.5) is 0 Å². The number of benzene rings is 2. The molecule has 0 saturated carbocycles. The van der Waals surface area contributed by atoms with Crippen LogP contribution in [0.5, 0.6) is 0 Å². The lowest BCUT2D eigenvalue weighted by Gasteiger charge is -2.06. The SMILES string of the molecule is PPc1cccc2c1ccn2-c1ccccc1. The molecule has 2 unspecified atom stereocenters. The van der Waals surface area contributed by atoms with Crippen molar-refractivity contribution in [3.05, 3.63) is 60.8 Å². The fourth-order valence-electron chi connectivity index (χ4n) is 2.11. The smallest absolute Gasteiger partial charge is 0.0534 e. The van der Waals surface area contributed by atoms with Crippen molar-refractivity contribution in [3.63, 3.8) is 0 Å². The molecule has 0 aliphatic carbocycles. The maximum atomic E-state index is 2.82. The molecule has 84 valence electrons. The van der Waals surface area contributed by atoms with E-state index in [1.165, 1.54) is 21.9 Å². The van der Waals surface area contributed by atoms with Gasteiger partial charge in [-0.05, 0) is 29.6 Å². The molecule has 0 N–H and O–H groups in total. The van der Waals surface area contributed by atoms with Crippen LogP contribution in [0.2, 0.25) is 0 Å². The second kappa shape index (κ2) is 4.61. The third kappa shape index (κ3) is 1.90. The minimum atomic E-state index is 0.758. The molecule has 0 saturated heterocycles.